The molecule has 1 aliphatic rings. The summed E-state index contributed by atoms with van der Waals surface area (Å²) < 4.78 is 9.97. The highest BCUT2D eigenvalue weighted by Crippen LogP contribution is 2.19. The fourth-order valence-corrected chi connectivity index (χ4v) is 4.77. The molecule has 0 saturated carbocycles. The zero-order chi connectivity index (χ0) is 37.7. The summed E-state index contributed by atoms with van der Waals surface area (Å²) in [5, 5.41) is 5.33. The van der Waals surface area contributed by atoms with Gasteiger partial charge in [-0.05, 0) is 82.1 Å². The normalized spacial score (nSPS) is 13.6. The van der Waals surface area contributed by atoms with Crippen LogP contribution in [0.4, 0.5) is 11.4 Å². The molecule has 0 spiro atoms. The highest BCUT2D eigenvalue weighted by Gasteiger charge is 2.38. The van der Waals surface area contributed by atoms with Gasteiger partial charge in [-0.3, -0.25) is 28.8 Å². The SMILES string of the molecule is CC(C)(C)C(=O)OCOC(=O)CN1CCN(C(=O)CNC(=O)c2ccc(N=C(N)N)cc2)[C@@H](CCCNC(=O)c2ccc(N=C(N)N)cc2)C1=O.Cl.Cl. The number of hydrogen-bond donors (Lipinski definition) is 6. The van der Waals surface area contributed by atoms with Gasteiger partial charge in [0.25, 0.3) is 11.8 Å². The second kappa shape index (κ2) is 21.0. The van der Waals surface area contributed by atoms with E-state index in [1.165, 1.54) is 34.1 Å². The maximum Gasteiger partial charge on any atom is 0.328 e. The average molecular weight is 782 g/mol. The maximum absolute atomic E-state index is 13.6. The molecule has 0 aromatic heterocycles. The van der Waals surface area contributed by atoms with E-state index in [-0.39, 0.29) is 80.7 Å². The van der Waals surface area contributed by atoms with Gasteiger partial charge in [-0.25, -0.2) is 9.98 Å². The number of halogens is 2. The Balaban J connectivity index is 0.00000702. The fourth-order valence-electron chi connectivity index (χ4n) is 4.77. The van der Waals surface area contributed by atoms with Crippen molar-refractivity contribution in [1.29, 1.82) is 0 Å². The minimum Gasteiger partial charge on any atom is -0.427 e. The van der Waals surface area contributed by atoms with Crippen LogP contribution in [0.2, 0.25) is 0 Å². The van der Waals surface area contributed by atoms with Crippen LogP contribution in [0.5, 0.6) is 0 Å². The highest BCUT2D eigenvalue weighted by molar-refractivity contribution is 5.98. The first-order chi connectivity index (χ1) is 24.0. The van der Waals surface area contributed by atoms with Crippen molar-refractivity contribution in [2.75, 3.05) is 39.5 Å². The van der Waals surface area contributed by atoms with Gasteiger partial charge in [0, 0.05) is 30.8 Å². The van der Waals surface area contributed by atoms with Crippen LogP contribution in [-0.2, 0) is 28.7 Å². The molecule has 3 rings (SSSR count). The Morgan fingerprint density at radius 1 is 0.792 bits per heavy atom. The molecule has 0 aliphatic carbocycles. The molecule has 2 aromatic rings. The Bertz CT molecular complexity index is 1660. The van der Waals surface area contributed by atoms with E-state index in [1.807, 2.05) is 0 Å². The van der Waals surface area contributed by atoms with Gasteiger partial charge in [0.2, 0.25) is 18.6 Å². The van der Waals surface area contributed by atoms with Crippen LogP contribution in [0, 0.1) is 5.41 Å². The van der Waals surface area contributed by atoms with Crippen molar-refractivity contribution in [2.45, 2.75) is 39.7 Å². The quantitative estimate of drug-likeness (QED) is 0.0500. The number of hydrogen-bond acceptors (Lipinski definition) is 10. The minimum absolute atomic E-state index is 0. The topological polar surface area (TPSA) is 280 Å². The average Bonchev–Trinajstić information content (AvgIpc) is 3.06. The van der Waals surface area contributed by atoms with Crippen molar-refractivity contribution in [3.05, 3.63) is 59.7 Å². The Morgan fingerprint density at radius 3 is 1.79 bits per heavy atom. The number of nitrogens with one attached hydrogen (secondary N) is 2. The van der Waals surface area contributed by atoms with Crippen molar-refractivity contribution in [3.8, 4) is 0 Å². The molecule has 290 valence electrons. The van der Waals surface area contributed by atoms with E-state index in [0.29, 0.717) is 16.9 Å². The highest BCUT2D eigenvalue weighted by atomic mass is 35.5. The zero-order valence-corrected chi connectivity index (χ0v) is 31.2. The summed E-state index contributed by atoms with van der Waals surface area (Å²) in [6.07, 6.45) is 0.413. The van der Waals surface area contributed by atoms with Gasteiger partial charge in [0.15, 0.2) is 11.9 Å². The number of carbonyl (C=O) groups excluding carboxylic acids is 6. The van der Waals surface area contributed by atoms with Gasteiger partial charge in [-0.2, -0.15) is 0 Å². The molecular weight excluding hydrogens is 735 g/mol. The number of nitrogens with zero attached hydrogens (tertiary/aromatic N) is 4. The van der Waals surface area contributed by atoms with E-state index >= 15 is 0 Å². The van der Waals surface area contributed by atoms with Gasteiger partial charge in [-0.1, -0.05) is 0 Å². The third-order valence-electron chi connectivity index (χ3n) is 7.36. The van der Waals surface area contributed by atoms with Crippen LogP contribution in [0.15, 0.2) is 58.5 Å². The smallest absolute Gasteiger partial charge is 0.328 e. The number of ether oxygens (including phenoxy) is 2. The monoisotopic (exact) mass is 780 g/mol. The van der Waals surface area contributed by atoms with Gasteiger partial charge >= 0.3 is 11.9 Å². The van der Waals surface area contributed by atoms with Crippen LogP contribution in [0.25, 0.3) is 0 Å². The van der Waals surface area contributed by atoms with Crippen LogP contribution in [0.1, 0.15) is 54.3 Å². The maximum atomic E-state index is 13.6. The van der Waals surface area contributed by atoms with Crippen LogP contribution < -0.4 is 33.6 Å². The third kappa shape index (κ3) is 14.5. The lowest BCUT2D eigenvalue weighted by molar-refractivity contribution is -0.175. The van der Waals surface area contributed by atoms with Gasteiger partial charge in [-0.15, -0.1) is 24.8 Å². The fraction of sp³-hybridized carbons (Fsp3) is 0.394. The van der Waals surface area contributed by atoms with Crippen LogP contribution >= 0.6 is 24.8 Å². The first-order valence-corrected chi connectivity index (χ1v) is 15.9. The first-order valence-electron chi connectivity index (χ1n) is 15.9. The molecule has 0 unspecified atom stereocenters. The Labute approximate surface area is 318 Å². The molecule has 0 radical (unpaired) electrons. The Morgan fingerprint density at radius 2 is 1.30 bits per heavy atom. The molecule has 1 heterocycles. The molecule has 2 aromatic carbocycles. The molecule has 1 atom stereocenters. The first kappa shape index (κ1) is 45.4. The van der Waals surface area contributed by atoms with Crippen molar-refractivity contribution >= 4 is 83.7 Å². The second-order valence-corrected chi connectivity index (χ2v) is 12.4. The lowest BCUT2D eigenvalue weighted by Crippen LogP contribution is -2.61. The van der Waals surface area contributed by atoms with Crippen molar-refractivity contribution < 1.29 is 38.2 Å². The van der Waals surface area contributed by atoms with E-state index in [0.717, 1.165) is 0 Å². The summed E-state index contributed by atoms with van der Waals surface area (Å²) in [6.45, 7) is 3.70. The van der Waals surface area contributed by atoms with Crippen LogP contribution in [0.3, 0.4) is 0 Å². The molecule has 20 heteroatoms. The summed E-state index contributed by atoms with van der Waals surface area (Å²) in [4.78, 5) is 87.3. The van der Waals surface area contributed by atoms with Gasteiger partial charge < -0.3 is 52.8 Å². The number of aliphatic imine (C=N–C) groups is 2. The molecule has 10 N–H and O–H groups in total. The number of esters is 2. The minimum atomic E-state index is -1.01. The standard InChI is InChI=1S/C33H44N10O8.2ClH/c1-33(2,3)30(49)51-19-50-26(45)18-42-15-16-43(25(44)17-39-28(47)21-8-12-23(13-9-21)41-32(36)37)24(29(42)48)5-4-14-38-27(46)20-6-10-22(11-7-20)40-31(34)35;;/h6-13,24H,4-5,14-19H2,1-3H3,(H,38,46)(H,39,47)(H4,34,35,40)(H4,36,37,41);2*1H/t24-;;/m0../s1. The zero-order valence-electron chi connectivity index (χ0n) is 29.5. The van der Waals surface area contributed by atoms with E-state index in [9.17, 15) is 28.8 Å². The third-order valence-corrected chi connectivity index (χ3v) is 7.36. The molecular formula is C33H46Cl2N10O8. The van der Waals surface area contributed by atoms with Crippen molar-refractivity contribution in [2.24, 2.45) is 38.3 Å². The summed E-state index contributed by atoms with van der Waals surface area (Å²) in [5.41, 5.74) is 22.2. The van der Waals surface area contributed by atoms with Crippen LogP contribution in [-0.4, -0.2) is 103 Å². The summed E-state index contributed by atoms with van der Waals surface area (Å²) in [5.74, 6) is -3.60. The number of amides is 4. The van der Waals surface area contributed by atoms with E-state index in [4.69, 9.17) is 32.4 Å². The summed E-state index contributed by atoms with van der Waals surface area (Å²) >= 11 is 0. The number of benzene rings is 2. The van der Waals surface area contributed by atoms with Crippen molar-refractivity contribution in [1.82, 2.24) is 20.4 Å². The molecule has 4 amide bonds. The number of rotatable bonds is 14. The van der Waals surface area contributed by atoms with Crippen molar-refractivity contribution in [3.63, 3.8) is 0 Å². The predicted molar refractivity (Wildman–Crippen MR) is 201 cm³/mol. The molecule has 0 bridgehead atoms. The lowest BCUT2D eigenvalue weighted by Gasteiger charge is -2.40. The Hall–Kier alpha value is -5.62. The molecule has 18 nitrogen and oxygen atoms in total. The number of guanidine groups is 2. The van der Waals surface area contributed by atoms with Gasteiger partial charge in [0.05, 0.1) is 23.3 Å². The molecule has 1 aliphatic heterocycles. The number of nitrogens with two attached hydrogens (primary N) is 4. The molecule has 1 saturated heterocycles. The summed E-state index contributed by atoms with van der Waals surface area (Å²) in [7, 11) is 0. The molecule has 1 fully saturated rings. The van der Waals surface area contributed by atoms with E-state index in [2.05, 4.69) is 20.6 Å². The van der Waals surface area contributed by atoms with E-state index < -0.39 is 61.0 Å². The largest absolute Gasteiger partial charge is 0.427 e. The predicted octanol–water partition coefficient (Wildman–Crippen LogP) is 0.409. The number of piperazine rings is 1. The lowest BCUT2D eigenvalue weighted by atomic mass is 9.98. The van der Waals surface area contributed by atoms with E-state index in [1.54, 1.807) is 45.0 Å². The van der Waals surface area contributed by atoms with Gasteiger partial charge in [0.1, 0.15) is 12.6 Å². The summed E-state index contributed by atoms with van der Waals surface area (Å²) in [6, 6.07) is 11.3. The second-order valence-electron chi connectivity index (χ2n) is 12.4. The number of carbonyl (C=O) groups is 6. The molecule has 53 heavy (non-hydrogen) atoms. The Kier molecular flexibility index (Phi) is 18.0.